The Bertz CT molecular complexity index is 853. The zero-order valence-electron chi connectivity index (χ0n) is 16.8. The van der Waals surface area contributed by atoms with Crippen LogP contribution in [0.1, 0.15) is 37.0 Å². The predicted octanol–water partition coefficient (Wildman–Crippen LogP) is 2.61. The Labute approximate surface area is 174 Å². The molecular formula is C20H26N4O4S. The van der Waals surface area contributed by atoms with Gasteiger partial charge >= 0.3 is 5.97 Å². The summed E-state index contributed by atoms with van der Waals surface area (Å²) in [5, 5.41) is 6.20. The number of ether oxygens (including phenoxy) is 1. The summed E-state index contributed by atoms with van der Waals surface area (Å²) in [6.07, 6.45) is 5.26. The van der Waals surface area contributed by atoms with Gasteiger partial charge in [0.1, 0.15) is 0 Å². The number of amides is 2. The Morgan fingerprint density at radius 1 is 1.24 bits per heavy atom. The lowest BCUT2D eigenvalue weighted by Crippen LogP contribution is -2.35. The van der Waals surface area contributed by atoms with Crippen LogP contribution in [0.15, 0.2) is 41.8 Å². The predicted molar refractivity (Wildman–Crippen MR) is 112 cm³/mol. The fraction of sp³-hybridized carbons (Fsp3) is 0.400. The first kappa shape index (κ1) is 22.5. The monoisotopic (exact) mass is 418 g/mol. The molecule has 156 valence electrons. The summed E-state index contributed by atoms with van der Waals surface area (Å²) in [5.74, 6) is -1.15. The number of hydrogen-bond donors (Lipinski definition) is 2. The van der Waals surface area contributed by atoms with Crippen molar-refractivity contribution in [2.75, 3.05) is 17.7 Å². The summed E-state index contributed by atoms with van der Waals surface area (Å²) in [6, 6.07) is 6.55. The van der Waals surface area contributed by atoms with Crippen LogP contribution in [-0.4, -0.2) is 45.7 Å². The van der Waals surface area contributed by atoms with E-state index in [1.54, 1.807) is 36.7 Å². The highest BCUT2D eigenvalue weighted by Crippen LogP contribution is 2.18. The molecule has 1 aromatic carbocycles. The molecule has 0 aliphatic heterocycles. The first-order chi connectivity index (χ1) is 13.9. The molecule has 2 N–H and O–H groups in total. The summed E-state index contributed by atoms with van der Waals surface area (Å²) >= 11 is 1.29. The van der Waals surface area contributed by atoms with E-state index in [9.17, 15) is 14.4 Å². The van der Waals surface area contributed by atoms with Crippen LogP contribution in [0, 0.1) is 0 Å². The summed E-state index contributed by atoms with van der Waals surface area (Å²) < 4.78 is 6.92. The highest BCUT2D eigenvalue weighted by molar-refractivity contribution is 7.99. The van der Waals surface area contributed by atoms with Crippen molar-refractivity contribution in [1.82, 2.24) is 14.9 Å². The normalized spacial score (nSPS) is 11.6. The van der Waals surface area contributed by atoms with Crippen LogP contribution in [0.25, 0.3) is 0 Å². The van der Waals surface area contributed by atoms with Crippen molar-refractivity contribution in [3.63, 3.8) is 0 Å². The van der Waals surface area contributed by atoms with Gasteiger partial charge in [0.05, 0.1) is 17.0 Å². The molecule has 0 bridgehead atoms. The molecule has 0 aliphatic rings. The molecule has 1 atom stereocenters. The second kappa shape index (κ2) is 11.3. The van der Waals surface area contributed by atoms with Crippen molar-refractivity contribution < 1.29 is 19.1 Å². The van der Waals surface area contributed by atoms with E-state index in [0.29, 0.717) is 5.69 Å². The molecule has 8 nitrogen and oxygen atoms in total. The number of benzene rings is 1. The van der Waals surface area contributed by atoms with Crippen LogP contribution in [0.2, 0.25) is 0 Å². The number of aromatic nitrogens is 2. The quantitative estimate of drug-likeness (QED) is 0.454. The van der Waals surface area contributed by atoms with Gasteiger partial charge in [-0.1, -0.05) is 37.2 Å². The minimum Gasteiger partial charge on any atom is -0.452 e. The maximum atomic E-state index is 12.4. The molecule has 0 radical (unpaired) electrons. The van der Waals surface area contributed by atoms with Gasteiger partial charge in [-0.15, -0.1) is 0 Å². The maximum Gasteiger partial charge on any atom is 0.340 e. The second-order valence-corrected chi connectivity index (χ2v) is 7.48. The molecule has 2 amide bonds. The van der Waals surface area contributed by atoms with Gasteiger partial charge in [0, 0.05) is 25.5 Å². The van der Waals surface area contributed by atoms with Gasteiger partial charge in [-0.25, -0.2) is 9.78 Å². The second-order valence-electron chi connectivity index (χ2n) is 6.54. The van der Waals surface area contributed by atoms with E-state index in [0.717, 1.165) is 18.0 Å². The number of anilines is 1. The average molecular weight is 419 g/mol. The molecule has 1 aromatic heterocycles. The third-order valence-corrected chi connectivity index (χ3v) is 5.05. The Hall–Kier alpha value is -2.81. The van der Waals surface area contributed by atoms with E-state index >= 15 is 0 Å². The topological polar surface area (TPSA) is 102 Å². The number of esters is 1. The lowest BCUT2D eigenvalue weighted by Gasteiger charge is -2.14. The Morgan fingerprint density at radius 3 is 2.69 bits per heavy atom. The molecule has 0 saturated heterocycles. The zero-order chi connectivity index (χ0) is 21.2. The largest absolute Gasteiger partial charge is 0.452 e. The van der Waals surface area contributed by atoms with E-state index in [1.165, 1.54) is 11.8 Å². The van der Waals surface area contributed by atoms with Gasteiger partial charge in [-0.05, 0) is 25.5 Å². The SMILES string of the molecule is CCCC(C)NC(=O)COC(=O)c1ccccc1NC(=O)CSc1nccn1C. The van der Waals surface area contributed by atoms with Crippen molar-refractivity contribution in [2.45, 2.75) is 37.9 Å². The smallest absolute Gasteiger partial charge is 0.340 e. The number of nitrogens with zero attached hydrogens (tertiary/aromatic N) is 2. The number of rotatable bonds is 10. The van der Waals surface area contributed by atoms with Gasteiger partial charge in [0.15, 0.2) is 11.8 Å². The molecule has 0 fully saturated rings. The van der Waals surface area contributed by atoms with Crippen LogP contribution in [0.3, 0.4) is 0 Å². The molecule has 2 rings (SSSR count). The van der Waals surface area contributed by atoms with E-state index in [1.807, 2.05) is 25.5 Å². The Kier molecular flexibility index (Phi) is 8.72. The number of para-hydroxylation sites is 1. The molecule has 1 unspecified atom stereocenters. The van der Waals surface area contributed by atoms with Crippen LogP contribution >= 0.6 is 11.8 Å². The number of carbonyl (C=O) groups is 3. The molecule has 0 aliphatic carbocycles. The maximum absolute atomic E-state index is 12.4. The highest BCUT2D eigenvalue weighted by Gasteiger charge is 2.17. The number of hydrogen-bond acceptors (Lipinski definition) is 6. The number of aryl methyl sites for hydroxylation is 1. The van der Waals surface area contributed by atoms with E-state index in [4.69, 9.17) is 4.74 Å². The lowest BCUT2D eigenvalue weighted by atomic mass is 10.2. The number of thioether (sulfide) groups is 1. The fourth-order valence-corrected chi connectivity index (χ4v) is 3.34. The third-order valence-electron chi connectivity index (χ3n) is 3.99. The molecule has 0 spiro atoms. The molecule has 0 saturated carbocycles. The Balaban J connectivity index is 1.90. The molecule has 9 heteroatoms. The van der Waals surface area contributed by atoms with Crippen molar-refractivity contribution >= 4 is 35.2 Å². The van der Waals surface area contributed by atoms with Crippen LogP contribution in [0.5, 0.6) is 0 Å². The van der Waals surface area contributed by atoms with Crippen molar-refractivity contribution in [3.8, 4) is 0 Å². The first-order valence-corrected chi connectivity index (χ1v) is 10.3. The minimum absolute atomic E-state index is 0.0222. The molecular weight excluding hydrogens is 392 g/mol. The molecule has 29 heavy (non-hydrogen) atoms. The van der Waals surface area contributed by atoms with Crippen molar-refractivity contribution in [1.29, 1.82) is 0 Å². The van der Waals surface area contributed by atoms with Crippen molar-refractivity contribution in [2.24, 2.45) is 7.05 Å². The zero-order valence-corrected chi connectivity index (χ0v) is 17.6. The third kappa shape index (κ3) is 7.26. The van der Waals surface area contributed by atoms with Gasteiger partial charge in [0.2, 0.25) is 5.91 Å². The van der Waals surface area contributed by atoms with Crippen LogP contribution in [0.4, 0.5) is 5.69 Å². The standard InChI is InChI=1S/C20H26N4O4S/c1-4-7-14(2)22-17(25)12-28-19(27)15-8-5-6-9-16(15)23-18(26)13-29-20-21-10-11-24(20)3/h5-6,8-11,14H,4,7,12-13H2,1-3H3,(H,22,25)(H,23,26). The molecule has 1 heterocycles. The summed E-state index contributed by atoms with van der Waals surface area (Å²) in [4.78, 5) is 40.7. The first-order valence-electron chi connectivity index (χ1n) is 9.36. The average Bonchev–Trinajstić information content (AvgIpc) is 3.10. The fourth-order valence-electron chi connectivity index (χ4n) is 2.61. The van der Waals surface area contributed by atoms with Crippen molar-refractivity contribution in [3.05, 3.63) is 42.2 Å². The van der Waals surface area contributed by atoms with Gasteiger partial charge in [-0.2, -0.15) is 0 Å². The van der Waals surface area contributed by atoms with E-state index in [-0.39, 0.29) is 35.8 Å². The van der Waals surface area contributed by atoms with Gasteiger partial charge in [0.25, 0.3) is 5.91 Å². The number of imidazole rings is 1. The van der Waals surface area contributed by atoms with E-state index in [2.05, 4.69) is 15.6 Å². The molecule has 2 aromatic rings. The van der Waals surface area contributed by atoms with Gasteiger partial charge in [-0.3, -0.25) is 9.59 Å². The van der Waals surface area contributed by atoms with Crippen LogP contribution in [-0.2, 0) is 21.4 Å². The summed E-state index contributed by atoms with van der Waals surface area (Å²) in [5.41, 5.74) is 0.528. The minimum atomic E-state index is -0.670. The lowest BCUT2D eigenvalue weighted by molar-refractivity contribution is -0.124. The summed E-state index contributed by atoms with van der Waals surface area (Å²) in [7, 11) is 1.84. The van der Waals surface area contributed by atoms with Gasteiger partial charge < -0.3 is 19.9 Å². The highest BCUT2D eigenvalue weighted by atomic mass is 32.2. The number of nitrogens with one attached hydrogen (secondary N) is 2. The Morgan fingerprint density at radius 2 is 2.00 bits per heavy atom. The van der Waals surface area contributed by atoms with Crippen LogP contribution < -0.4 is 10.6 Å². The number of carbonyl (C=O) groups excluding carboxylic acids is 3. The summed E-state index contributed by atoms with van der Waals surface area (Å²) in [6.45, 7) is 3.56. The van der Waals surface area contributed by atoms with E-state index < -0.39 is 5.97 Å².